The van der Waals surface area contributed by atoms with E-state index in [9.17, 15) is 4.79 Å². The molecule has 0 aromatic carbocycles. The standard InChI is InChI=1S/C11H18O/c12-10-11-8-6-4-2-1-3-5-7-9-11/h1-2,10-11H,3-9H2/b2-1-. The van der Waals surface area contributed by atoms with Gasteiger partial charge in [-0.2, -0.15) is 0 Å². The lowest BCUT2D eigenvalue weighted by Crippen LogP contribution is -2.02. The first-order chi connectivity index (χ1) is 5.93. The van der Waals surface area contributed by atoms with Gasteiger partial charge in [-0.3, -0.25) is 0 Å². The van der Waals surface area contributed by atoms with Gasteiger partial charge in [0.1, 0.15) is 6.29 Å². The minimum Gasteiger partial charge on any atom is -0.303 e. The Hall–Kier alpha value is -0.590. The van der Waals surface area contributed by atoms with Gasteiger partial charge in [0, 0.05) is 5.92 Å². The van der Waals surface area contributed by atoms with Crippen LogP contribution in [0.15, 0.2) is 12.2 Å². The van der Waals surface area contributed by atoms with Crippen LogP contribution in [0.3, 0.4) is 0 Å². The topological polar surface area (TPSA) is 17.1 Å². The summed E-state index contributed by atoms with van der Waals surface area (Å²) in [5.74, 6) is 0.344. The average molecular weight is 166 g/mol. The molecule has 1 aliphatic rings. The van der Waals surface area contributed by atoms with Gasteiger partial charge in [-0.1, -0.05) is 18.6 Å². The van der Waals surface area contributed by atoms with Crippen LogP contribution in [0.4, 0.5) is 0 Å². The summed E-state index contributed by atoms with van der Waals surface area (Å²) >= 11 is 0. The third-order valence-electron chi connectivity index (χ3n) is 2.50. The van der Waals surface area contributed by atoms with Gasteiger partial charge >= 0.3 is 0 Å². The summed E-state index contributed by atoms with van der Waals surface area (Å²) in [6.45, 7) is 0. The summed E-state index contributed by atoms with van der Waals surface area (Å²) in [5.41, 5.74) is 0. The van der Waals surface area contributed by atoms with Crippen molar-refractivity contribution in [3.8, 4) is 0 Å². The minimum atomic E-state index is 0.344. The van der Waals surface area contributed by atoms with Crippen LogP contribution in [-0.4, -0.2) is 6.29 Å². The summed E-state index contributed by atoms with van der Waals surface area (Å²) < 4.78 is 0. The lowest BCUT2D eigenvalue weighted by Gasteiger charge is -2.09. The zero-order valence-electron chi connectivity index (χ0n) is 7.67. The van der Waals surface area contributed by atoms with Crippen LogP contribution in [0.2, 0.25) is 0 Å². The Morgan fingerprint density at radius 1 is 1.00 bits per heavy atom. The molecular weight excluding hydrogens is 148 g/mol. The first-order valence-corrected chi connectivity index (χ1v) is 5.04. The van der Waals surface area contributed by atoms with Crippen molar-refractivity contribution in [3.63, 3.8) is 0 Å². The lowest BCUT2D eigenvalue weighted by molar-refractivity contribution is -0.111. The van der Waals surface area contributed by atoms with Gasteiger partial charge < -0.3 is 4.79 Å². The van der Waals surface area contributed by atoms with E-state index >= 15 is 0 Å². The molecule has 0 fully saturated rings. The molecule has 0 radical (unpaired) electrons. The fraction of sp³-hybridized carbons (Fsp3) is 0.727. The largest absolute Gasteiger partial charge is 0.303 e. The third-order valence-corrected chi connectivity index (χ3v) is 2.50. The van der Waals surface area contributed by atoms with Crippen molar-refractivity contribution in [1.82, 2.24) is 0 Å². The second-order valence-corrected chi connectivity index (χ2v) is 3.58. The van der Waals surface area contributed by atoms with Crippen LogP contribution >= 0.6 is 0 Å². The van der Waals surface area contributed by atoms with E-state index in [4.69, 9.17) is 0 Å². The van der Waals surface area contributed by atoms with Crippen molar-refractivity contribution in [2.24, 2.45) is 5.92 Å². The number of allylic oxidation sites excluding steroid dienone is 2. The van der Waals surface area contributed by atoms with Gasteiger partial charge in [0.25, 0.3) is 0 Å². The van der Waals surface area contributed by atoms with E-state index in [2.05, 4.69) is 12.2 Å². The molecule has 0 aromatic rings. The minimum absolute atomic E-state index is 0.344. The highest BCUT2D eigenvalue weighted by Crippen LogP contribution is 2.16. The summed E-state index contributed by atoms with van der Waals surface area (Å²) in [5, 5.41) is 0. The number of carbonyl (C=O) groups is 1. The Balaban J connectivity index is 2.31. The van der Waals surface area contributed by atoms with Crippen molar-refractivity contribution >= 4 is 6.29 Å². The maximum absolute atomic E-state index is 10.6. The molecule has 1 aliphatic carbocycles. The molecule has 0 aromatic heterocycles. The zero-order chi connectivity index (χ0) is 8.65. The highest BCUT2D eigenvalue weighted by atomic mass is 16.1. The fourth-order valence-electron chi connectivity index (χ4n) is 1.68. The first-order valence-electron chi connectivity index (χ1n) is 5.04. The molecule has 0 aliphatic heterocycles. The van der Waals surface area contributed by atoms with Crippen LogP contribution in [0.25, 0.3) is 0 Å². The van der Waals surface area contributed by atoms with Crippen LogP contribution in [0.5, 0.6) is 0 Å². The van der Waals surface area contributed by atoms with E-state index in [1.165, 1.54) is 25.7 Å². The number of hydrogen-bond acceptors (Lipinski definition) is 1. The Bertz CT molecular complexity index is 149. The van der Waals surface area contributed by atoms with Gasteiger partial charge in [0.05, 0.1) is 0 Å². The molecule has 0 amide bonds. The average Bonchev–Trinajstić information content (AvgIpc) is 2.14. The van der Waals surface area contributed by atoms with Crippen molar-refractivity contribution in [2.45, 2.75) is 44.9 Å². The molecule has 1 nitrogen and oxygen atoms in total. The smallest absolute Gasteiger partial charge is 0.123 e. The molecule has 0 spiro atoms. The van der Waals surface area contributed by atoms with Crippen molar-refractivity contribution in [3.05, 3.63) is 12.2 Å². The summed E-state index contributed by atoms with van der Waals surface area (Å²) in [4.78, 5) is 10.6. The second-order valence-electron chi connectivity index (χ2n) is 3.58. The highest BCUT2D eigenvalue weighted by molar-refractivity contribution is 5.53. The van der Waals surface area contributed by atoms with Crippen LogP contribution in [0, 0.1) is 5.92 Å². The molecule has 1 heteroatoms. The lowest BCUT2D eigenvalue weighted by atomic mass is 9.95. The summed E-state index contributed by atoms with van der Waals surface area (Å²) in [6, 6.07) is 0. The van der Waals surface area contributed by atoms with Crippen molar-refractivity contribution < 1.29 is 4.79 Å². The number of hydrogen-bond donors (Lipinski definition) is 0. The molecule has 1 rings (SSSR count). The normalized spacial score (nSPS) is 29.2. The van der Waals surface area contributed by atoms with Gasteiger partial charge in [-0.05, 0) is 38.5 Å². The molecule has 1 atom stereocenters. The van der Waals surface area contributed by atoms with E-state index in [0.717, 1.165) is 25.5 Å². The molecule has 1 unspecified atom stereocenters. The number of carbonyl (C=O) groups excluding carboxylic acids is 1. The monoisotopic (exact) mass is 166 g/mol. The molecule has 68 valence electrons. The Morgan fingerprint density at radius 3 is 2.42 bits per heavy atom. The van der Waals surface area contributed by atoms with Gasteiger partial charge in [-0.15, -0.1) is 0 Å². The van der Waals surface area contributed by atoms with E-state index < -0.39 is 0 Å². The maximum atomic E-state index is 10.6. The fourth-order valence-corrected chi connectivity index (χ4v) is 1.68. The Labute approximate surface area is 74.9 Å². The third kappa shape index (κ3) is 3.70. The quantitative estimate of drug-likeness (QED) is 0.432. The first kappa shape index (κ1) is 9.50. The SMILES string of the molecule is O=CC1CCC/C=C\CCCC1. The predicted molar refractivity (Wildman–Crippen MR) is 51.0 cm³/mol. The van der Waals surface area contributed by atoms with Crippen LogP contribution < -0.4 is 0 Å². The molecule has 0 saturated heterocycles. The zero-order valence-corrected chi connectivity index (χ0v) is 7.67. The molecular formula is C11H18O. The van der Waals surface area contributed by atoms with Crippen LogP contribution in [-0.2, 0) is 4.79 Å². The molecule has 0 N–H and O–H groups in total. The van der Waals surface area contributed by atoms with Gasteiger partial charge in [0.2, 0.25) is 0 Å². The van der Waals surface area contributed by atoms with Crippen molar-refractivity contribution in [2.75, 3.05) is 0 Å². The van der Waals surface area contributed by atoms with Crippen molar-refractivity contribution in [1.29, 1.82) is 0 Å². The molecule has 0 heterocycles. The molecule has 12 heavy (non-hydrogen) atoms. The summed E-state index contributed by atoms with van der Waals surface area (Å²) in [6.07, 6.45) is 13.9. The van der Waals surface area contributed by atoms with Gasteiger partial charge in [-0.25, -0.2) is 0 Å². The van der Waals surface area contributed by atoms with Crippen LogP contribution in [0.1, 0.15) is 44.9 Å². The van der Waals surface area contributed by atoms with E-state index in [0.29, 0.717) is 5.92 Å². The Morgan fingerprint density at radius 2 is 1.67 bits per heavy atom. The second kappa shape index (κ2) is 5.99. The Kier molecular flexibility index (Phi) is 4.74. The van der Waals surface area contributed by atoms with E-state index in [1.54, 1.807) is 0 Å². The predicted octanol–water partition coefficient (Wildman–Crippen LogP) is 3.10. The van der Waals surface area contributed by atoms with E-state index in [-0.39, 0.29) is 0 Å². The number of rotatable bonds is 1. The van der Waals surface area contributed by atoms with Gasteiger partial charge in [0.15, 0.2) is 0 Å². The maximum Gasteiger partial charge on any atom is 0.123 e. The number of aldehydes is 1. The van der Waals surface area contributed by atoms with E-state index in [1.807, 2.05) is 0 Å². The highest BCUT2D eigenvalue weighted by Gasteiger charge is 2.06. The molecule has 0 saturated carbocycles. The summed E-state index contributed by atoms with van der Waals surface area (Å²) in [7, 11) is 0. The molecule has 0 bridgehead atoms.